The van der Waals surface area contributed by atoms with E-state index in [1.807, 2.05) is 54.6 Å². The monoisotopic (exact) mass is 356 g/mol. The van der Waals surface area contributed by atoms with Gasteiger partial charge >= 0.3 is 6.03 Å². The number of carbonyl (C=O) groups is 1. The fraction of sp³-hybridized carbons (Fsp3) is 0.350. The molecule has 2 amide bonds. The molecule has 0 aromatic heterocycles. The molecule has 2 atom stereocenters. The molecule has 1 saturated heterocycles. The summed E-state index contributed by atoms with van der Waals surface area (Å²) in [6.07, 6.45) is 0.539. The molecule has 26 heavy (non-hydrogen) atoms. The van der Waals surface area contributed by atoms with Crippen molar-refractivity contribution in [1.82, 2.24) is 10.6 Å². The summed E-state index contributed by atoms with van der Waals surface area (Å²) >= 11 is 0. The van der Waals surface area contributed by atoms with Crippen LogP contribution in [0.25, 0.3) is 0 Å². The summed E-state index contributed by atoms with van der Waals surface area (Å²) in [4.78, 5) is 12.2. The Bertz CT molecular complexity index is 691. The molecule has 1 heterocycles. The van der Waals surface area contributed by atoms with E-state index in [0.29, 0.717) is 31.9 Å². The van der Waals surface area contributed by atoms with E-state index >= 15 is 0 Å². The predicted molar refractivity (Wildman–Crippen MR) is 97.8 cm³/mol. The number of aliphatic hydroxyl groups is 1. The van der Waals surface area contributed by atoms with Crippen molar-refractivity contribution in [3.8, 4) is 5.75 Å². The highest BCUT2D eigenvalue weighted by Gasteiger charge is 2.29. The molecule has 3 N–H and O–H groups in total. The minimum absolute atomic E-state index is 0.00329. The molecule has 1 aliphatic rings. The first-order chi connectivity index (χ1) is 12.7. The maximum atomic E-state index is 12.2. The van der Waals surface area contributed by atoms with Gasteiger partial charge in [0.1, 0.15) is 11.9 Å². The molecule has 2 aromatic carbocycles. The van der Waals surface area contributed by atoms with Crippen molar-refractivity contribution in [3.63, 3.8) is 0 Å². The third-order valence-electron chi connectivity index (χ3n) is 4.30. The second-order valence-electron chi connectivity index (χ2n) is 6.24. The van der Waals surface area contributed by atoms with E-state index in [-0.39, 0.29) is 24.8 Å². The van der Waals surface area contributed by atoms with E-state index < -0.39 is 0 Å². The summed E-state index contributed by atoms with van der Waals surface area (Å²) in [6.45, 7) is 1.49. The summed E-state index contributed by atoms with van der Waals surface area (Å²) in [5.41, 5.74) is 1.87. The molecule has 0 radical (unpaired) electrons. The van der Waals surface area contributed by atoms with Gasteiger partial charge in [-0.25, -0.2) is 4.79 Å². The van der Waals surface area contributed by atoms with Crippen molar-refractivity contribution in [1.29, 1.82) is 0 Å². The molecule has 2 aromatic rings. The molecule has 0 aliphatic carbocycles. The molecule has 138 valence electrons. The van der Waals surface area contributed by atoms with Gasteiger partial charge < -0.3 is 25.2 Å². The highest BCUT2D eigenvalue weighted by atomic mass is 16.5. The third kappa shape index (κ3) is 5.21. The first-order valence-corrected chi connectivity index (χ1v) is 8.77. The van der Waals surface area contributed by atoms with Gasteiger partial charge in [-0.1, -0.05) is 42.5 Å². The number of urea groups is 1. The third-order valence-corrected chi connectivity index (χ3v) is 4.30. The first kappa shape index (κ1) is 18.2. The van der Waals surface area contributed by atoms with Gasteiger partial charge in [-0.15, -0.1) is 0 Å². The quantitative estimate of drug-likeness (QED) is 0.741. The largest absolute Gasteiger partial charge is 0.488 e. The first-order valence-electron chi connectivity index (χ1n) is 8.77. The Morgan fingerprint density at radius 1 is 1.12 bits per heavy atom. The number of carbonyl (C=O) groups excluding carboxylic acids is 1. The molecule has 0 saturated carbocycles. The van der Waals surface area contributed by atoms with E-state index in [4.69, 9.17) is 14.6 Å². The zero-order valence-corrected chi connectivity index (χ0v) is 14.6. The van der Waals surface area contributed by atoms with Crippen LogP contribution in [0, 0.1) is 0 Å². The van der Waals surface area contributed by atoms with E-state index in [0.717, 1.165) is 11.1 Å². The van der Waals surface area contributed by atoms with Gasteiger partial charge in [-0.2, -0.15) is 0 Å². The Hall–Kier alpha value is -2.57. The summed E-state index contributed by atoms with van der Waals surface area (Å²) in [6, 6.07) is 16.6. The average Bonchev–Trinajstić information content (AvgIpc) is 2.69. The Labute approximate surface area is 153 Å². The summed E-state index contributed by atoms with van der Waals surface area (Å²) < 4.78 is 11.5. The highest BCUT2D eigenvalue weighted by molar-refractivity contribution is 5.74. The van der Waals surface area contributed by atoms with E-state index in [9.17, 15) is 4.79 Å². The van der Waals surface area contributed by atoms with Crippen LogP contribution in [-0.4, -0.2) is 36.5 Å². The van der Waals surface area contributed by atoms with Crippen LogP contribution < -0.4 is 15.4 Å². The lowest BCUT2D eigenvalue weighted by atomic mass is 10.1. The number of hydrogen-bond acceptors (Lipinski definition) is 4. The standard InChI is InChI=1S/C20H24N2O4/c23-13-16-6-8-17(9-7-16)26-19-10-11-25-14-18(19)22-20(24)21-12-15-4-2-1-3-5-15/h1-9,18-19,23H,10-14H2,(H2,21,22,24)/t18-,19-/m1/s1. The van der Waals surface area contributed by atoms with Gasteiger partial charge in [0.05, 0.1) is 25.9 Å². The predicted octanol–water partition coefficient (Wildman–Crippen LogP) is 2.21. The molecule has 0 unspecified atom stereocenters. The normalized spacial score (nSPS) is 19.6. The summed E-state index contributed by atoms with van der Waals surface area (Å²) in [7, 11) is 0. The van der Waals surface area contributed by atoms with Crippen LogP contribution in [0.1, 0.15) is 17.5 Å². The van der Waals surface area contributed by atoms with Gasteiger partial charge in [-0.05, 0) is 23.3 Å². The van der Waals surface area contributed by atoms with Crippen LogP contribution >= 0.6 is 0 Å². The Balaban J connectivity index is 1.53. The zero-order chi connectivity index (χ0) is 18.2. The number of aliphatic hydroxyl groups excluding tert-OH is 1. The number of benzene rings is 2. The molecule has 1 fully saturated rings. The summed E-state index contributed by atoms with van der Waals surface area (Å²) in [5.74, 6) is 0.714. The average molecular weight is 356 g/mol. The Kier molecular flexibility index (Phi) is 6.46. The Morgan fingerprint density at radius 3 is 2.62 bits per heavy atom. The second kappa shape index (κ2) is 9.22. The topological polar surface area (TPSA) is 79.8 Å². The number of nitrogens with one attached hydrogen (secondary N) is 2. The Morgan fingerprint density at radius 2 is 1.88 bits per heavy atom. The maximum absolute atomic E-state index is 12.2. The second-order valence-corrected chi connectivity index (χ2v) is 6.24. The molecule has 0 bridgehead atoms. The van der Waals surface area contributed by atoms with Crippen LogP contribution in [0.3, 0.4) is 0 Å². The lowest BCUT2D eigenvalue weighted by Crippen LogP contribution is -2.54. The zero-order valence-electron chi connectivity index (χ0n) is 14.6. The smallest absolute Gasteiger partial charge is 0.315 e. The highest BCUT2D eigenvalue weighted by Crippen LogP contribution is 2.19. The van der Waals surface area contributed by atoms with Crippen molar-refractivity contribution in [3.05, 3.63) is 65.7 Å². The molecule has 1 aliphatic heterocycles. The maximum Gasteiger partial charge on any atom is 0.315 e. The molecular formula is C20H24N2O4. The van der Waals surface area contributed by atoms with Crippen LogP contribution in [-0.2, 0) is 17.9 Å². The fourth-order valence-corrected chi connectivity index (χ4v) is 2.84. The van der Waals surface area contributed by atoms with Gasteiger partial charge in [0, 0.05) is 13.0 Å². The lowest BCUT2D eigenvalue weighted by Gasteiger charge is -2.32. The van der Waals surface area contributed by atoms with Gasteiger partial charge in [0.15, 0.2) is 0 Å². The summed E-state index contributed by atoms with van der Waals surface area (Å²) in [5, 5.41) is 14.9. The van der Waals surface area contributed by atoms with Gasteiger partial charge in [0.25, 0.3) is 0 Å². The SMILES string of the molecule is O=C(NCc1ccccc1)N[C@@H]1COCC[C@H]1Oc1ccc(CO)cc1. The minimum Gasteiger partial charge on any atom is -0.488 e. The minimum atomic E-state index is -0.242. The molecule has 6 nitrogen and oxygen atoms in total. The fourth-order valence-electron chi connectivity index (χ4n) is 2.84. The van der Waals surface area contributed by atoms with Crippen molar-refractivity contribution >= 4 is 6.03 Å². The number of amides is 2. The van der Waals surface area contributed by atoms with Crippen molar-refractivity contribution in [2.45, 2.75) is 31.7 Å². The van der Waals surface area contributed by atoms with E-state index in [1.54, 1.807) is 0 Å². The molecule has 6 heteroatoms. The molecule has 3 rings (SSSR count). The van der Waals surface area contributed by atoms with Crippen LogP contribution in [0.4, 0.5) is 4.79 Å². The van der Waals surface area contributed by atoms with Gasteiger partial charge in [0.2, 0.25) is 0 Å². The van der Waals surface area contributed by atoms with Crippen LogP contribution in [0.5, 0.6) is 5.75 Å². The van der Waals surface area contributed by atoms with Gasteiger partial charge in [-0.3, -0.25) is 0 Å². The number of ether oxygens (including phenoxy) is 2. The van der Waals surface area contributed by atoms with Crippen molar-refractivity contribution < 1.29 is 19.4 Å². The van der Waals surface area contributed by atoms with Crippen LogP contribution in [0.2, 0.25) is 0 Å². The van der Waals surface area contributed by atoms with Crippen molar-refractivity contribution in [2.75, 3.05) is 13.2 Å². The number of rotatable bonds is 6. The van der Waals surface area contributed by atoms with Crippen molar-refractivity contribution in [2.24, 2.45) is 0 Å². The number of hydrogen-bond donors (Lipinski definition) is 3. The lowest BCUT2D eigenvalue weighted by molar-refractivity contribution is -0.000299. The van der Waals surface area contributed by atoms with Crippen LogP contribution in [0.15, 0.2) is 54.6 Å². The van der Waals surface area contributed by atoms with E-state index in [2.05, 4.69) is 10.6 Å². The van der Waals surface area contributed by atoms with E-state index in [1.165, 1.54) is 0 Å². The molecular weight excluding hydrogens is 332 g/mol. The molecule has 0 spiro atoms.